The van der Waals surface area contributed by atoms with Crippen LogP contribution in [-0.2, 0) is 14.3 Å². The lowest BCUT2D eigenvalue weighted by Gasteiger charge is -2.19. The first-order chi connectivity index (χ1) is 16.6. The van der Waals surface area contributed by atoms with Crippen LogP contribution in [0.25, 0.3) is 0 Å². The van der Waals surface area contributed by atoms with Crippen molar-refractivity contribution in [2.75, 3.05) is 20.8 Å². The van der Waals surface area contributed by atoms with Gasteiger partial charge >= 0.3 is 5.97 Å². The molecule has 2 aromatic carbocycles. The number of nitrogens with zero attached hydrogens (tertiary/aromatic N) is 1. The molecule has 0 aliphatic carbocycles. The molecule has 0 saturated heterocycles. The van der Waals surface area contributed by atoms with E-state index in [1.54, 1.807) is 36.4 Å². The number of ether oxygens (including phenoxy) is 3. The van der Waals surface area contributed by atoms with E-state index in [0.29, 0.717) is 38.5 Å². The summed E-state index contributed by atoms with van der Waals surface area (Å²) in [6, 6.07) is 8.91. The van der Waals surface area contributed by atoms with Crippen LogP contribution in [0.3, 0.4) is 0 Å². The van der Waals surface area contributed by atoms with Crippen molar-refractivity contribution in [1.29, 1.82) is 0 Å². The number of carbonyl (C=O) groups excluding carboxylic acids is 3. The highest BCUT2D eigenvalue weighted by Gasteiger charge is 2.22. The average molecular weight is 569 g/mol. The Labute approximate surface area is 217 Å². The molecule has 0 spiro atoms. The number of hydrazone groups is 1. The van der Waals surface area contributed by atoms with Gasteiger partial charge in [-0.25, -0.2) is 10.2 Å². The summed E-state index contributed by atoms with van der Waals surface area (Å²) in [5.41, 5.74) is 3.45. The predicted molar refractivity (Wildman–Crippen MR) is 136 cm³/mol. The highest BCUT2D eigenvalue weighted by Crippen LogP contribution is 2.36. The van der Waals surface area contributed by atoms with Gasteiger partial charge in [-0.2, -0.15) is 5.10 Å². The first-order valence-corrected chi connectivity index (χ1v) is 11.8. The lowest BCUT2D eigenvalue weighted by Crippen LogP contribution is -2.46. The Bertz CT molecular complexity index is 1080. The molecule has 1 atom stereocenters. The smallest absolute Gasteiger partial charge is 0.343 e. The quantitative estimate of drug-likeness (QED) is 0.241. The van der Waals surface area contributed by atoms with Gasteiger partial charge in [0, 0.05) is 10.6 Å². The van der Waals surface area contributed by atoms with Crippen molar-refractivity contribution in [3.8, 4) is 11.5 Å². The van der Waals surface area contributed by atoms with E-state index in [1.807, 2.05) is 13.8 Å². The molecule has 9 nitrogen and oxygen atoms in total. The molecular formula is C24H27BrClN3O6. The number of esters is 1. The molecule has 2 N–H and O–H groups in total. The van der Waals surface area contributed by atoms with E-state index in [0.717, 1.165) is 0 Å². The zero-order valence-electron chi connectivity index (χ0n) is 19.8. The minimum atomic E-state index is -0.786. The van der Waals surface area contributed by atoms with Crippen LogP contribution in [-0.4, -0.2) is 50.9 Å². The van der Waals surface area contributed by atoms with E-state index in [1.165, 1.54) is 20.4 Å². The molecule has 1 unspecified atom stereocenters. The summed E-state index contributed by atoms with van der Waals surface area (Å²) in [6.45, 7) is 3.62. The van der Waals surface area contributed by atoms with Crippen molar-refractivity contribution in [2.45, 2.75) is 26.3 Å². The molecule has 0 radical (unpaired) electrons. The lowest BCUT2D eigenvalue weighted by molar-refractivity contribution is -0.143. The summed E-state index contributed by atoms with van der Waals surface area (Å²) in [5.74, 6) is -0.557. The molecule has 0 aliphatic rings. The molecule has 2 amide bonds. The number of rotatable bonds is 11. The number of nitrogens with one attached hydrogen (secondary N) is 2. The average Bonchev–Trinajstić information content (AvgIpc) is 2.82. The number of amides is 2. The molecule has 11 heteroatoms. The minimum absolute atomic E-state index is 0.151. The third-order valence-electron chi connectivity index (χ3n) is 4.64. The topological polar surface area (TPSA) is 115 Å². The standard InChI is InChI=1S/C24H27BrClN3O6/c1-14(2)9-19(28-23(31)16-5-7-17(26)8-6-16)24(32)29-27-12-15-10-18(25)22(20(11-15)33-3)35-13-21(30)34-4/h5-8,10-12,14,19H,9,13H2,1-4H3,(H,28,31)(H,29,32)/b27-12+. The molecule has 0 saturated carbocycles. The number of carbonyl (C=O) groups is 3. The van der Waals surface area contributed by atoms with E-state index in [-0.39, 0.29) is 18.4 Å². The Morgan fingerprint density at radius 3 is 2.43 bits per heavy atom. The van der Waals surface area contributed by atoms with Gasteiger partial charge in [-0.15, -0.1) is 0 Å². The van der Waals surface area contributed by atoms with Crippen molar-refractivity contribution in [2.24, 2.45) is 11.0 Å². The van der Waals surface area contributed by atoms with Crippen LogP contribution in [0.2, 0.25) is 5.02 Å². The summed E-state index contributed by atoms with van der Waals surface area (Å²) in [4.78, 5) is 36.7. The van der Waals surface area contributed by atoms with E-state index >= 15 is 0 Å². The number of halogens is 2. The Balaban J connectivity index is 2.09. The fourth-order valence-electron chi connectivity index (χ4n) is 2.94. The highest BCUT2D eigenvalue weighted by atomic mass is 79.9. The van der Waals surface area contributed by atoms with Gasteiger partial charge < -0.3 is 19.5 Å². The van der Waals surface area contributed by atoms with Crippen LogP contribution < -0.4 is 20.2 Å². The normalized spacial score (nSPS) is 11.7. The van der Waals surface area contributed by atoms with E-state index in [2.05, 4.69) is 36.5 Å². The number of benzene rings is 2. The Kier molecular flexibility index (Phi) is 11.0. The molecule has 2 aromatic rings. The van der Waals surface area contributed by atoms with Crippen molar-refractivity contribution >= 4 is 51.5 Å². The number of hydrogen-bond donors (Lipinski definition) is 2. The van der Waals surface area contributed by atoms with Gasteiger partial charge in [0.25, 0.3) is 11.8 Å². The zero-order valence-corrected chi connectivity index (χ0v) is 22.1. The fraction of sp³-hybridized carbons (Fsp3) is 0.333. The summed E-state index contributed by atoms with van der Waals surface area (Å²) in [6.07, 6.45) is 1.84. The van der Waals surface area contributed by atoms with Crippen LogP contribution in [0.15, 0.2) is 46.0 Å². The predicted octanol–water partition coefficient (Wildman–Crippen LogP) is 3.96. The first kappa shape index (κ1) is 28.1. The second kappa shape index (κ2) is 13.7. The van der Waals surface area contributed by atoms with E-state index in [9.17, 15) is 14.4 Å². The van der Waals surface area contributed by atoms with Crippen LogP contribution in [0.5, 0.6) is 11.5 Å². The maximum atomic E-state index is 12.8. The molecule has 2 rings (SSSR count). The molecule has 0 fully saturated rings. The van der Waals surface area contributed by atoms with Gasteiger partial charge in [0.1, 0.15) is 6.04 Å². The molecule has 35 heavy (non-hydrogen) atoms. The molecule has 188 valence electrons. The van der Waals surface area contributed by atoms with Crippen LogP contribution in [0, 0.1) is 5.92 Å². The maximum absolute atomic E-state index is 12.8. The van der Waals surface area contributed by atoms with Gasteiger partial charge in [-0.05, 0) is 70.2 Å². The molecular weight excluding hydrogens is 542 g/mol. The van der Waals surface area contributed by atoms with Crippen molar-refractivity contribution < 1.29 is 28.6 Å². The monoisotopic (exact) mass is 567 g/mol. The van der Waals surface area contributed by atoms with Crippen molar-refractivity contribution in [1.82, 2.24) is 10.7 Å². The van der Waals surface area contributed by atoms with Gasteiger partial charge in [0.2, 0.25) is 0 Å². The first-order valence-electron chi connectivity index (χ1n) is 10.6. The van der Waals surface area contributed by atoms with Gasteiger partial charge in [-0.3, -0.25) is 9.59 Å². The third kappa shape index (κ3) is 8.88. The SMILES string of the molecule is COC(=O)COc1c(Br)cc(/C=N/NC(=O)C(CC(C)C)NC(=O)c2ccc(Cl)cc2)cc1OC. The van der Waals surface area contributed by atoms with E-state index in [4.69, 9.17) is 21.1 Å². The molecule has 0 aromatic heterocycles. The number of hydrogen-bond acceptors (Lipinski definition) is 7. The second-order valence-electron chi connectivity index (χ2n) is 7.80. The van der Waals surface area contributed by atoms with E-state index < -0.39 is 17.9 Å². The zero-order chi connectivity index (χ0) is 26.0. The largest absolute Gasteiger partial charge is 0.493 e. The van der Waals surface area contributed by atoms with Gasteiger partial charge in [-0.1, -0.05) is 25.4 Å². The van der Waals surface area contributed by atoms with Crippen molar-refractivity contribution in [3.05, 3.63) is 57.0 Å². The van der Waals surface area contributed by atoms with Crippen LogP contribution in [0.1, 0.15) is 36.2 Å². The fourth-order valence-corrected chi connectivity index (χ4v) is 3.64. The maximum Gasteiger partial charge on any atom is 0.343 e. The van der Waals surface area contributed by atoms with Crippen molar-refractivity contribution in [3.63, 3.8) is 0 Å². The summed E-state index contributed by atoms with van der Waals surface area (Å²) >= 11 is 9.25. The van der Waals surface area contributed by atoms with Gasteiger partial charge in [0.15, 0.2) is 18.1 Å². The number of methoxy groups -OCH3 is 2. The Morgan fingerprint density at radius 2 is 1.83 bits per heavy atom. The lowest BCUT2D eigenvalue weighted by atomic mass is 10.0. The van der Waals surface area contributed by atoms with Crippen LogP contribution >= 0.6 is 27.5 Å². The molecule has 0 bridgehead atoms. The Morgan fingerprint density at radius 1 is 1.14 bits per heavy atom. The molecule has 0 heterocycles. The molecule has 0 aliphatic heterocycles. The van der Waals surface area contributed by atoms with Gasteiger partial charge in [0.05, 0.1) is 24.9 Å². The highest BCUT2D eigenvalue weighted by molar-refractivity contribution is 9.10. The Hall–Kier alpha value is -3.11. The summed E-state index contributed by atoms with van der Waals surface area (Å²) in [7, 11) is 2.72. The third-order valence-corrected chi connectivity index (χ3v) is 5.48. The second-order valence-corrected chi connectivity index (χ2v) is 9.09. The minimum Gasteiger partial charge on any atom is -0.493 e. The summed E-state index contributed by atoms with van der Waals surface area (Å²) in [5, 5.41) is 7.27. The van der Waals surface area contributed by atoms with Crippen LogP contribution in [0.4, 0.5) is 0 Å². The summed E-state index contributed by atoms with van der Waals surface area (Å²) < 4.78 is 15.9.